The van der Waals surface area contributed by atoms with Gasteiger partial charge < -0.3 is 14.7 Å². The summed E-state index contributed by atoms with van der Waals surface area (Å²) >= 11 is 0. The summed E-state index contributed by atoms with van der Waals surface area (Å²) in [5.74, 6) is 0.695. The lowest BCUT2D eigenvalue weighted by Gasteiger charge is -2.33. The number of hydrogen-bond donors (Lipinski definition) is 1. The highest BCUT2D eigenvalue weighted by Crippen LogP contribution is 2.38. The molecule has 1 aliphatic heterocycles. The van der Waals surface area contributed by atoms with Crippen molar-refractivity contribution in [1.82, 2.24) is 24.6 Å². The smallest absolute Gasteiger partial charge is 0.318 e. The van der Waals surface area contributed by atoms with E-state index in [9.17, 15) is 9.50 Å². The van der Waals surface area contributed by atoms with Crippen molar-refractivity contribution in [3.63, 3.8) is 0 Å². The summed E-state index contributed by atoms with van der Waals surface area (Å²) in [6, 6.07) is 6.35. The van der Waals surface area contributed by atoms with Crippen molar-refractivity contribution >= 4 is 10.9 Å². The number of aliphatic hydroxyl groups is 1. The Hall–Kier alpha value is -2.58. The summed E-state index contributed by atoms with van der Waals surface area (Å²) in [5.41, 5.74) is 3.88. The number of nitrogens with zero attached hydrogens (tertiary/aromatic N) is 5. The summed E-state index contributed by atoms with van der Waals surface area (Å²) in [5, 5.41) is 15.3. The van der Waals surface area contributed by atoms with Crippen LogP contribution in [0, 0.1) is 6.92 Å². The third kappa shape index (κ3) is 3.68. The first-order valence-corrected chi connectivity index (χ1v) is 10.8. The Morgan fingerprint density at radius 1 is 1.19 bits per heavy atom. The van der Waals surface area contributed by atoms with Gasteiger partial charge in [-0.05, 0) is 63.0 Å². The lowest BCUT2D eigenvalue weighted by molar-refractivity contribution is 0.0729. The molecule has 8 heteroatoms. The molecule has 1 saturated carbocycles. The van der Waals surface area contributed by atoms with Crippen molar-refractivity contribution < 1.29 is 14.2 Å². The van der Waals surface area contributed by atoms with E-state index in [1.807, 2.05) is 31.1 Å². The molecule has 7 nitrogen and oxygen atoms in total. The van der Waals surface area contributed by atoms with E-state index in [0.717, 1.165) is 40.7 Å². The Kier molecular flexibility index (Phi) is 5.14. The molecule has 2 fully saturated rings. The highest BCUT2D eigenvalue weighted by molar-refractivity contribution is 5.82. The van der Waals surface area contributed by atoms with Crippen LogP contribution in [-0.4, -0.2) is 69.3 Å². The Morgan fingerprint density at radius 3 is 2.71 bits per heavy atom. The van der Waals surface area contributed by atoms with Gasteiger partial charge in [0.2, 0.25) is 0 Å². The minimum Gasteiger partial charge on any atom is -0.467 e. The van der Waals surface area contributed by atoms with E-state index >= 15 is 0 Å². The second-order valence-electron chi connectivity index (χ2n) is 8.96. The van der Waals surface area contributed by atoms with Crippen molar-refractivity contribution in [3.8, 4) is 11.8 Å². The molecular formula is C23H28FN5O2. The number of aromatic nitrogens is 4. The van der Waals surface area contributed by atoms with Gasteiger partial charge in [0, 0.05) is 29.8 Å². The lowest BCUT2D eigenvalue weighted by atomic mass is 9.80. The molecule has 5 rings (SSSR count). The molecule has 0 amide bonds. The van der Waals surface area contributed by atoms with Crippen molar-refractivity contribution in [2.75, 3.05) is 27.2 Å². The highest BCUT2D eigenvalue weighted by atomic mass is 19.1. The maximum absolute atomic E-state index is 14.9. The van der Waals surface area contributed by atoms with Crippen LogP contribution in [0.2, 0.25) is 0 Å². The van der Waals surface area contributed by atoms with E-state index in [0.29, 0.717) is 25.2 Å². The molecule has 31 heavy (non-hydrogen) atoms. The van der Waals surface area contributed by atoms with E-state index in [1.54, 1.807) is 11.8 Å². The number of alkyl halides is 1. The van der Waals surface area contributed by atoms with Crippen LogP contribution in [0.1, 0.15) is 47.9 Å². The summed E-state index contributed by atoms with van der Waals surface area (Å²) < 4.78 is 22.0. The predicted octanol–water partition coefficient (Wildman–Crippen LogP) is 3.13. The fraction of sp³-hybridized carbons (Fsp3) is 0.522. The van der Waals surface area contributed by atoms with E-state index in [4.69, 9.17) is 4.74 Å². The van der Waals surface area contributed by atoms with Crippen molar-refractivity contribution in [1.29, 1.82) is 0 Å². The van der Waals surface area contributed by atoms with Gasteiger partial charge in [-0.2, -0.15) is 15.1 Å². The monoisotopic (exact) mass is 425 g/mol. The summed E-state index contributed by atoms with van der Waals surface area (Å²) in [4.78, 5) is 11.0. The maximum Gasteiger partial charge on any atom is 0.318 e. The molecule has 1 N–H and O–H groups in total. The first kappa shape index (κ1) is 20.3. The molecule has 3 heterocycles. The average molecular weight is 426 g/mol. The average Bonchev–Trinajstić information content (AvgIpc) is 3.13. The van der Waals surface area contributed by atoms with Gasteiger partial charge in [0.05, 0.1) is 30.6 Å². The number of piperidine rings is 1. The van der Waals surface area contributed by atoms with Gasteiger partial charge in [0.15, 0.2) is 5.82 Å². The maximum atomic E-state index is 14.9. The van der Waals surface area contributed by atoms with Gasteiger partial charge in [0.25, 0.3) is 0 Å². The van der Waals surface area contributed by atoms with E-state index in [-0.39, 0.29) is 24.0 Å². The second-order valence-corrected chi connectivity index (χ2v) is 8.96. The van der Waals surface area contributed by atoms with Crippen molar-refractivity contribution in [2.24, 2.45) is 0 Å². The van der Waals surface area contributed by atoms with Crippen molar-refractivity contribution in [3.05, 3.63) is 41.2 Å². The van der Waals surface area contributed by atoms with Gasteiger partial charge in [-0.15, -0.1) is 0 Å². The molecule has 1 saturated heterocycles. The standard InChI is InChI=1S/C23H28FN5O2/c1-13-6-15-11-25-29(21(15)9-18(13)17-4-5-28(2)12-19(17)24)22-10-20(14-7-16(30)8-14)26-23(27-22)31-3/h6,9-11,14,16-17,19,30H,4-5,7-8,12H2,1-3H3/t14-,16-,17?,19?. The number of likely N-dealkylation sites (tertiary alicyclic amines) is 1. The zero-order valence-electron chi connectivity index (χ0n) is 18.1. The third-order valence-corrected chi connectivity index (χ3v) is 6.74. The number of ether oxygens (including phenoxy) is 1. The number of aryl methyl sites for hydroxylation is 1. The fourth-order valence-electron chi connectivity index (χ4n) is 4.86. The van der Waals surface area contributed by atoms with Gasteiger partial charge in [-0.3, -0.25) is 0 Å². The SMILES string of the molecule is COc1nc(-n2ncc3cc(C)c(C4CCN(C)CC4F)cc32)cc([C@H]2C[C@H](O)C2)n1. The Morgan fingerprint density at radius 2 is 2.00 bits per heavy atom. The second kappa shape index (κ2) is 7.84. The van der Waals surface area contributed by atoms with E-state index in [2.05, 4.69) is 27.2 Å². The molecule has 164 valence electrons. The minimum absolute atomic E-state index is 0.115. The van der Waals surface area contributed by atoms with Crippen LogP contribution < -0.4 is 4.74 Å². The van der Waals surface area contributed by atoms with E-state index < -0.39 is 6.17 Å². The number of fused-ring (bicyclic) bond motifs is 1. The van der Waals surface area contributed by atoms with Crippen LogP contribution in [0.3, 0.4) is 0 Å². The number of methoxy groups -OCH3 is 1. The number of halogens is 1. The zero-order chi connectivity index (χ0) is 21.7. The van der Waals surface area contributed by atoms with Crippen LogP contribution in [0.5, 0.6) is 6.01 Å². The Balaban J connectivity index is 1.57. The Labute approximate surface area is 180 Å². The highest BCUT2D eigenvalue weighted by Gasteiger charge is 2.32. The molecular weight excluding hydrogens is 397 g/mol. The summed E-state index contributed by atoms with van der Waals surface area (Å²) in [6.07, 6.45) is 2.84. The zero-order valence-corrected chi connectivity index (χ0v) is 18.1. The molecule has 1 aromatic carbocycles. The minimum atomic E-state index is -0.887. The largest absolute Gasteiger partial charge is 0.467 e. The molecule has 1 aliphatic carbocycles. The van der Waals surface area contributed by atoms with Crippen LogP contribution in [0.15, 0.2) is 24.4 Å². The van der Waals surface area contributed by atoms with Crippen LogP contribution >= 0.6 is 0 Å². The molecule has 3 aromatic rings. The number of benzene rings is 1. The first-order valence-electron chi connectivity index (χ1n) is 10.8. The summed E-state index contributed by atoms with van der Waals surface area (Å²) in [6.45, 7) is 3.40. The first-order chi connectivity index (χ1) is 14.9. The molecule has 2 atom stereocenters. The number of rotatable bonds is 4. The molecule has 2 unspecified atom stereocenters. The quantitative estimate of drug-likeness (QED) is 0.692. The van der Waals surface area contributed by atoms with Gasteiger partial charge in [-0.1, -0.05) is 0 Å². The molecule has 2 aromatic heterocycles. The summed E-state index contributed by atoms with van der Waals surface area (Å²) in [7, 11) is 3.51. The van der Waals surface area contributed by atoms with Gasteiger partial charge in [0.1, 0.15) is 6.17 Å². The topological polar surface area (TPSA) is 76.3 Å². The van der Waals surface area contributed by atoms with Crippen LogP contribution in [-0.2, 0) is 0 Å². The lowest BCUT2D eigenvalue weighted by Crippen LogP contribution is -2.38. The predicted molar refractivity (Wildman–Crippen MR) is 116 cm³/mol. The Bertz CT molecular complexity index is 1110. The van der Waals surface area contributed by atoms with Crippen LogP contribution in [0.25, 0.3) is 16.7 Å². The van der Waals surface area contributed by atoms with E-state index in [1.165, 1.54) is 0 Å². The van der Waals surface area contributed by atoms with Gasteiger partial charge >= 0.3 is 6.01 Å². The van der Waals surface area contributed by atoms with Crippen LogP contribution in [0.4, 0.5) is 4.39 Å². The molecule has 0 bridgehead atoms. The molecule has 0 radical (unpaired) electrons. The normalized spacial score (nSPS) is 26.7. The van der Waals surface area contributed by atoms with Crippen molar-refractivity contribution in [2.45, 2.75) is 50.3 Å². The number of aliphatic hydroxyl groups excluding tert-OH is 1. The molecule has 0 spiro atoms. The number of hydrogen-bond acceptors (Lipinski definition) is 6. The fourth-order valence-corrected chi connectivity index (χ4v) is 4.86. The van der Waals surface area contributed by atoms with Gasteiger partial charge in [-0.25, -0.2) is 9.07 Å². The third-order valence-electron chi connectivity index (χ3n) is 6.74. The molecule has 2 aliphatic rings.